The number of hydrogen-bond donors (Lipinski definition) is 1. The van der Waals surface area contributed by atoms with E-state index in [-0.39, 0.29) is 6.61 Å². The van der Waals surface area contributed by atoms with Gasteiger partial charge >= 0.3 is 5.97 Å². The maximum Gasteiger partial charge on any atom is 0.358 e. The molecule has 14 heavy (non-hydrogen) atoms. The van der Waals surface area contributed by atoms with E-state index in [1.807, 2.05) is 0 Å². The molecule has 0 aliphatic heterocycles. The number of anilines is 1. The van der Waals surface area contributed by atoms with Gasteiger partial charge in [-0.1, -0.05) is 6.58 Å². The van der Waals surface area contributed by atoms with Crippen LogP contribution in [0.15, 0.2) is 17.5 Å². The molecule has 0 aliphatic carbocycles. The molecule has 1 aromatic rings. The van der Waals surface area contributed by atoms with E-state index in [4.69, 9.17) is 4.74 Å². The van der Waals surface area contributed by atoms with Gasteiger partial charge in [0.1, 0.15) is 6.61 Å². The second-order valence-electron chi connectivity index (χ2n) is 2.82. The third-order valence-corrected chi connectivity index (χ3v) is 2.24. The van der Waals surface area contributed by atoms with Gasteiger partial charge in [-0.25, -0.2) is 9.78 Å². The standard InChI is InChI=1S/C9H12N2O2S/c1-6(2)4-13-8(12)7-5-14-9(10-3)11-7/h5H,1,4H2,2-3H3,(H,10,11). The average molecular weight is 212 g/mol. The van der Waals surface area contributed by atoms with Gasteiger partial charge in [-0.3, -0.25) is 0 Å². The Morgan fingerprint density at radius 3 is 3.00 bits per heavy atom. The number of carbonyl (C=O) groups is 1. The molecular formula is C9H12N2O2S. The molecule has 1 N–H and O–H groups in total. The lowest BCUT2D eigenvalue weighted by molar-refractivity contribution is 0.0534. The molecule has 0 amide bonds. The molecule has 1 aromatic heterocycles. The van der Waals surface area contributed by atoms with Crippen molar-refractivity contribution in [1.29, 1.82) is 0 Å². The largest absolute Gasteiger partial charge is 0.456 e. The molecule has 0 aromatic carbocycles. The molecule has 1 heterocycles. The van der Waals surface area contributed by atoms with Gasteiger partial charge in [0.25, 0.3) is 0 Å². The summed E-state index contributed by atoms with van der Waals surface area (Å²) in [5, 5.41) is 5.21. The number of aromatic nitrogens is 1. The van der Waals surface area contributed by atoms with Crippen LogP contribution in [0.25, 0.3) is 0 Å². The Morgan fingerprint density at radius 2 is 2.50 bits per heavy atom. The molecule has 0 fully saturated rings. The van der Waals surface area contributed by atoms with Crippen LogP contribution in [0.2, 0.25) is 0 Å². The number of rotatable bonds is 4. The molecule has 1 rings (SSSR count). The predicted molar refractivity (Wildman–Crippen MR) is 56.8 cm³/mol. The highest BCUT2D eigenvalue weighted by Crippen LogP contribution is 2.15. The Bertz CT molecular complexity index is 346. The zero-order valence-corrected chi connectivity index (χ0v) is 8.98. The quantitative estimate of drug-likeness (QED) is 0.612. The molecule has 4 nitrogen and oxygen atoms in total. The van der Waals surface area contributed by atoms with Crippen LogP contribution in [0.3, 0.4) is 0 Å². The summed E-state index contributed by atoms with van der Waals surface area (Å²) in [6, 6.07) is 0. The van der Waals surface area contributed by atoms with E-state index in [0.717, 1.165) is 5.57 Å². The highest BCUT2D eigenvalue weighted by Gasteiger charge is 2.11. The molecule has 0 unspecified atom stereocenters. The molecule has 0 aliphatic rings. The fourth-order valence-corrected chi connectivity index (χ4v) is 1.39. The summed E-state index contributed by atoms with van der Waals surface area (Å²) in [6.07, 6.45) is 0. The van der Waals surface area contributed by atoms with Crippen molar-refractivity contribution in [2.45, 2.75) is 6.92 Å². The van der Waals surface area contributed by atoms with Crippen LogP contribution in [0.5, 0.6) is 0 Å². The third-order valence-electron chi connectivity index (χ3n) is 1.38. The van der Waals surface area contributed by atoms with Crippen LogP contribution in [0.4, 0.5) is 5.13 Å². The molecule has 0 bridgehead atoms. The predicted octanol–water partition coefficient (Wildman–Crippen LogP) is 1.92. The SMILES string of the molecule is C=C(C)COC(=O)c1csc(NC)n1. The zero-order chi connectivity index (χ0) is 10.6. The number of esters is 1. The van der Waals surface area contributed by atoms with Crippen LogP contribution in [0, 0.1) is 0 Å². The van der Waals surface area contributed by atoms with E-state index in [9.17, 15) is 4.79 Å². The van der Waals surface area contributed by atoms with E-state index in [2.05, 4.69) is 16.9 Å². The second kappa shape index (κ2) is 4.76. The maximum atomic E-state index is 11.3. The van der Waals surface area contributed by atoms with Crippen LogP contribution in [0.1, 0.15) is 17.4 Å². The summed E-state index contributed by atoms with van der Waals surface area (Å²) < 4.78 is 4.93. The summed E-state index contributed by atoms with van der Waals surface area (Å²) in [4.78, 5) is 15.3. The lowest BCUT2D eigenvalue weighted by Crippen LogP contribution is -2.07. The zero-order valence-electron chi connectivity index (χ0n) is 8.16. The van der Waals surface area contributed by atoms with Gasteiger partial charge in [-0.05, 0) is 12.5 Å². The van der Waals surface area contributed by atoms with E-state index in [0.29, 0.717) is 10.8 Å². The molecule has 0 saturated carbocycles. The first kappa shape index (κ1) is 10.7. The number of nitrogens with one attached hydrogen (secondary N) is 1. The van der Waals surface area contributed by atoms with Crippen molar-refractivity contribution in [3.8, 4) is 0 Å². The normalized spacial score (nSPS) is 9.57. The fourth-order valence-electron chi connectivity index (χ4n) is 0.745. The molecule has 5 heteroatoms. The smallest absolute Gasteiger partial charge is 0.358 e. The van der Waals surface area contributed by atoms with Gasteiger partial charge < -0.3 is 10.1 Å². The van der Waals surface area contributed by atoms with Crippen LogP contribution in [-0.4, -0.2) is 24.6 Å². The van der Waals surface area contributed by atoms with Crippen LogP contribution < -0.4 is 5.32 Å². The monoisotopic (exact) mass is 212 g/mol. The van der Waals surface area contributed by atoms with Crippen molar-refractivity contribution in [2.75, 3.05) is 19.0 Å². The molecule has 76 valence electrons. The summed E-state index contributed by atoms with van der Waals surface area (Å²) in [5.41, 5.74) is 1.14. The van der Waals surface area contributed by atoms with Gasteiger partial charge in [0, 0.05) is 12.4 Å². The molecule has 0 radical (unpaired) electrons. The summed E-state index contributed by atoms with van der Waals surface area (Å²) >= 11 is 1.37. The first-order chi connectivity index (χ1) is 6.63. The number of nitrogens with zero attached hydrogens (tertiary/aromatic N) is 1. The van der Waals surface area contributed by atoms with Crippen LogP contribution >= 0.6 is 11.3 Å². The van der Waals surface area contributed by atoms with Gasteiger partial charge in [0.15, 0.2) is 10.8 Å². The topological polar surface area (TPSA) is 51.2 Å². The maximum absolute atomic E-state index is 11.3. The highest BCUT2D eigenvalue weighted by molar-refractivity contribution is 7.13. The van der Waals surface area contributed by atoms with E-state index >= 15 is 0 Å². The van der Waals surface area contributed by atoms with Gasteiger partial charge in [0.05, 0.1) is 0 Å². The van der Waals surface area contributed by atoms with Crippen LogP contribution in [-0.2, 0) is 4.74 Å². The Kier molecular flexibility index (Phi) is 3.64. The lowest BCUT2D eigenvalue weighted by atomic mass is 10.4. The molecule has 0 spiro atoms. The Morgan fingerprint density at radius 1 is 1.79 bits per heavy atom. The van der Waals surface area contributed by atoms with E-state index < -0.39 is 5.97 Å². The van der Waals surface area contributed by atoms with Crippen molar-refractivity contribution in [3.05, 3.63) is 23.2 Å². The van der Waals surface area contributed by atoms with Gasteiger partial charge in [-0.15, -0.1) is 11.3 Å². The van der Waals surface area contributed by atoms with Crippen molar-refractivity contribution in [2.24, 2.45) is 0 Å². The first-order valence-electron chi connectivity index (χ1n) is 4.08. The van der Waals surface area contributed by atoms with Crippen molar-refractivity contribution in [1.82, 2.24) is 4.98 Å². The third kappa shape index (κ3) is 2.85. The van der Waals surface area contributed by atoms with Crippen molar-refractivity contribution < 1.29 is 9.53 Å². The second-order valence-corrected chi connectivity index (χ2v) is 3.68. The minimum Gasteiger partial charge on any atom is -0.456 e. The first-order valence-corrected chi connectivity index (χ1v) is 4.96. The molecule has 0 atom stereocenters. The van der Waals surface area contributed by atoms with E-state index in [1.54, 1.807) is 19.4 Å². The number of carbonyl (C=O) groups excluding carboxylic acids is 1. The Labute approximate surface area is 86.6 Å². The Balaban J connectivity index is 2.56. The fraction of sp³-hybridized carbons (Fsp3) is 0.333. The highest BCUT2D eigenvalue weighted by atomic mass is 32.1. The average Bonchev–Trinajstić information content (AvgIpc) is 2.62. The minimum atomic E-state index is -0.411. The lowest BCUT2D eigenvalue weighted by Gasteiger charge is -2.00. The molecular weight excluding hydrogens is 200 g/mol. The molecule has 0 saturated heterocycles. The van der Waals surface area contributed by atoms with Crippen molar-refractivity contribution in [3.63, 3.8) is 0 Å². The summed E-state index contributed by atoms with van der Waals surface area (Å²) in [7, 11) is 1.75. The number of ether oxygens (including phenoxy) is 1. The van der Waals surface area contributed by atoms with Gasteiger partial charge in [0.2, 0.25) is 0 Å². The van der Waals surface area contributed by atoms with Gasteiger partial charge in [-0.2, -0.15) is 0 Å². The number of hydrogen-bond acceptors (Lipinski definition) is 5. The minimum absolute atomic E-state index is 0.241. The summed E-state index contributed by atoms with van der Waals surface area (Å²) in [5.74, 6) is -0.411. The van der Waals surface area contributed by atoms with Crippen molar-refractivity contribution >= 4 is 22.4 Å². The summed E-state index contributed by atoms with van der Waals surface area (Å²) in [6.45, 7) is 5.68. The Hall–Kier alpha value is -1.36. The number of thiazole rings is 1. The van der Waals surface area contributed by atoms with E-state index in [1.165, 1.54) is 11.3 Å².